The summed E-state index contributed by atoms with van der Waals surface area (Å²) in [6, 6.07) is 3.42. The quantitative estimate of drug-likeness (QED) is 0.595. The predicted octanol–water partition coefficient (Wildman–Crippen LogP) is 1.28. The Morgan fingerprint density at radius 2 is 2.24 bits per heavy atom. The fourth-order valence-corrected chi connectivity index (χ4v) is 1.42. The molecule has 0 saturated carbocycles. The number of hydrogen-bond donors (Lipinski definition) is 3. The van der Waals surface area contributed by atoms with Crippen LogP contribution in [0.5, 0.6) is 0 Å². The highest BCUT2D eigenvalue weighted by Gasteiger charge is 2.08. The van der Waals surface area contributed by atoms with Gasteiger partial charge in [0.1, 0.15) is 18.1 Å². The minimum absolute atomic E-state index is 0.0613. The number of carboxylic acid groups (broad SMARTS) is 1. The first kappa shape index (κ1) is 13.5. The Morgan fingerprint density at radius 3 is 2.76 bits per heavy atom. The van der Waals surface area contributed by atoms with E-state index in [0.29, 0.717) is 24.5 Å². The first-order valence-corrected chi connectivity index (χ1v) is 5.42. The van der Waals surface area contributed by atoms with E-state index in [2.05, 4.69) is 11.9 Å². The summed E-state index contributed by atoms with van der Waals surface area (Å²) in [5.41, 5.74) is 0. The van der Waals surface area contributed by atoms with E-state index < -0.39 is 5.97 Å². The lowest BCUT2D eigenvalue weighted by Crippen LogP contribution is -2.26. The number of nitrogens with one attached hydrogen (secondary N) is 1. The van der Waals surface area contributed by atoms with E-state index >= 15 is 0 Å². The Bertz CT molecular complexity index is 372. The van der Waals surface area contributed by atoms with Crippen LogP contribution < -0.4 is 5.32 Å². The molecule has 0 aliphatic rings. The van der Waals surface area contributed by atoms with Crippen LogP contribution in [0.4, 0.5) is 0 Å². The van der Waals surface area contributed by atoms with Crippen molar-refractivity contribution in [2.45, 2.75) is 32.0 Å². The highest BCUT2D eigenvalue weighted by molar-refractivity contribution is 5.66. The predicted molar refractivity (Wildman–Crippen MR) is 62.3 cm³/mol. The van der Waals surface area contributed by atoms with Gasteiger partial charge in [0.05, 0.1) is 6.54 Å². The van der Waals surface area contributed by atoms with Crippen molar-refractivity contribution in [3.8, 4) is 0 Å². The van der Waals surface area contributed by atoms with Gasteiger partial charge in [-0.2, -0.15) is 0 Å². The summed E-state index contributed by atoms with van der Waals surface area (Å²) in [6.45, 7) is 4.01. The van der Waals surface area contributed by atoms with Crippen molar-refractivity contribution in [1.82, 2.24) is 5.32 Å². The van der Waals surface area contributed by atoms with Crippen LogP contribution in [0, 0.1) is 0 Å². The van der Waals surface area contributed by atoms with Crippen molar-refractivity contribution in [3.63, 3.8) is 0 Å². The molecule has 1 unspecified atom stereocenters. The number of aliphatic hydroxyl groups excluding tert-OH is 1. The molecule has 0 amide bonds. The van der Waals surface area contributed by atoms with E-state index in [9.17, 15) is 4.79 Å². The van der Waals surface area contributed by atoms with Crippen LogP contribution >= 0.6 is 0 Å². The third-order valence-corrected chi connectivity index (χ3v) is 2.37. The second kappa shape index (κ2) is 6.88. The lowest BCUT2D eigenvalue weighted by Gasteiger charge is -2.12. The number of aliphatic hydroxyl groups is 1. The molecule has 94 valence electrons. The molecule has 1 aromatic rings. The van der Waals surface area contributed by atoms with E-state index in [1.165, 1.54) is 0 Å². The van der Waals surface area contributed by atoms with E-state index in [1.807, 2.05) is 0 Å². The fourth-order valence-electron chi connectivity index (χ4n) is 1.42. The average molecular weight is 239 g/mol. The number of aliphatic carboxylic acids is 1. The number of furan rings is 1. The van der Waals surface area contributed by atoms with Crippen LogP contribution in [-0.4, -0.2) is 22.2 Å². The molecule has 5 nitrogen and oxygen atoms in total. The maximum atomic E-state index is 10.4. The van der Waals surface area contributed by atoms with Crippen LogP contribution in [0.2, 0.25) is 0 Å². The van der Waals surface area contributed by atoms with Crippen molar-refractivity contribution in [1.29, 1.82) is 0 Å². The second-order valence-corrected chi connectivity index (χ2v) is 3.68. The molecule has 5 heteroatoms. The van der Waals surface area contributed by atoms with Crippen molar-refractivity contribution >= 4 is 5.97 Å². The molecule has 1 heterocycles. The molecule has 0 aromatic carbocycles. The van der Waals surface area contributed by atoms with Crippen LogP contribution in [0.25, 0.3) is 0 Å². The largest absolute Gasteiger partial charge is 0.481 e. The Morgan fingerprint density at radius 1 is 1.53 bits per heavy atom. The van der Waals surface area contributed by atoms with Crippen molar-refractivity contribution in [2.24, 2.45) is 0 Å². The maximum absolute atomic E-state index is 10.4. The molecule has 17 heavy (non-hydrogen) atoms. The molecular formula is C12H17NO4. The summed E-state index contributed by atoms with van der Waals surface area (Å²) in [6.07, 6.45) is 2.27. The Labute approximate surface area is 99.8 Å². The third kappa shape index (κ3) is 4.84. The molecule has 0 spiro atoms. The summed E-state index contributed by atoms with van der Waals surface area (Å²) in [4.78, 5) is 10.4. The standard InChI is InChI=1S/C12H17NO4/c1-2-9(3-6-12(15)16)13-7-10-4-5-11(8-14)17-10/h2,4-5,9,13-14H,1,3,6-8H2,(H,15,16). The first-order chi connectivity index (χ1) is 8.15. The molecular weight excluding hydrogens is 222 g/mol. The summed E-state index contributed by atoms with van der Waals surface area (Å²) in [5, 5.41) is 20.5. The zero-order valence-corrected chi connectivity index (χ0v) is 9.56. The Hall–Kier alpha value is -1.59. The lowest BCUT2D eigenvalue weighted by atomic mass is 10.1. The number of rotatable bonds is 8. The van der Waals surface area contributed by atoms with E-state index in [0.717, 1.165) is 0 Å². The molecule has 1 aromatic heterocycles. The number of carbonyl (C=O) groups is 1. The molecule has 0 saturated heterocycles. The molecule has 0 fully saturated rings. The van der Waals surface area contributed by atoms with Gasteiger partial charge >= 0.3 is 5.97 Å². The summed E-state index contributed by atoms with van der Waals surface area (Å²) < 4.78 is 5.29. The SMILES string of the molecule is C=CC(CCC(=O)O)NCc1ccc(CO)o1. The van der Waals surface area contributed by atoms with Crippen molar-refractivity contribution < 1.29 is 19.4 Å². The number of carboxylic acids is 1. The zero-order chi connectivity index (χ0) is 12.7. The molecule has 0 aliphatic heterocycles. The summed E-state index contributed by atoms with van der Waals surface area (Å²) >= 11 is 0. The van der Waals surface area contributed by atoms with Gasteiger partial charge in [0.15, 0.2) is 0 Å². The van der Waals surface area contributed by atoms with Crippen LogP contribution in [-0.2, 0) is 17.9 Å². The van der Waals surface area contributed by atoms with Crippen molar-refractivity contribution in [2.75, 3.05) is 0 Å². The van der Waals surface area contributed by atoms with Gasteiger partial charge in [0.25, 0.3) is 0 Å². The molecule has 1 atom stereocenters. The molecule has 0 radical (unpaired) electrons. The van der Waals surface area contributed by atoms with Gasteiger partial charge in [-0.05, 0) is 18.6 Å². The van der Waals surface area contributed by atoms with Crippen molar-refractivity contribution in [3.05, 3.63) is 36.3 Å². The second-order valence-electron chi connectivity index (χ2n) is 3.68. The maximum Gasteiger partial charge on any atom is 0.303 e. The zero-order valence-electron chi connectivity index (χ0n) is 9.56. The number of hydrogen-bond acceptors (Lipinski definition) is 4. The van der Waals surface area contributed by atoms with E-state index in [1.54, 1.807) is 18.2 Å². The van der Waals surface area contributed by atoms with Crippen LogP contribution in [0.15, 0.2) is 29.2 Å². The average Bonchev–Trinajstić information content (AvgIpc) is 2.77. The molecule has 0 bridgehead atoms. The van der Waals surface area contributed by atoms with Crippen LogP contribution in [0.3, 0.4) is 0 Å². The first-order valence-electron chi connectivity index (χ1n) is 5.42. The normalized spacial score (nSPS) is 12.3. The van der Waals surface area contributed by atoms with Gasteiger partial charge in [-0.3, -0.25) is 4.79 Å². The van der Waals surface area contributed by atoms with Gasteiger partial charge < -0.3 is 19.9 Å². The van der Waals surface area contributed by atoms with Gasteiger partial charge in [0, 0.05) is 12.5 Å². The summed E-state index contributed by atoms with van der Waals surface area (Å²) in [5.74, 6) is 0.401. The minimum Gasteiger partial charge on any atom is -0.481 e. The monoisotopic (exact) mass is 239 g/mol. The lowest BCUT2D eigenvalue weighted by molar-refractivity contribution is -0.137. The smallest absolute Gasteiger partial charge is 0.303 e. The van der Waals surface area contributed by atoms with Gasteiger partial charge in [-0.15, -0.1) is 6.58 Å². The topological polar surface area (TPSA) is 82.7 Å². The Kier molecular flexibility index (Phi) is 5.45. The van der Waals surface area contributed by atoms with Gasteiger partial charge in [-0.1, -0.05) is 6.08 Å². The highest BCUT2D eigenvalue weighted by atomic mass is 16.4. The van der Waals surface area contributed by atoms with E-state index in [4.69, 9.17) is 14.6 Å². The van der Waals surface area contributed by atoms with E-state index in [-0.39, 0.29) is 19.1 Å². The minimum atomic E-state index is -0.820. The van der Waals surface area contributed by atoms with Gasteiger partial charge in [0.2, 0.25) is 0 Å². The molecule has 1 rings (SSSR count). The summed E-state index contributed by atoms with van der Waals surface area (Å²) in [7, 11) is 0. The Balaban J connectivity index is 2.36. The third-order valence-electron chi connectivity index (χ3n) is 2.37. The molecule has 3 N–H and O–H groups in total. The fraction of sp³-hybridized carbons (Fsp3) is 0.417. The highest BCUT2D eigenvalue weighted by Crippen LogP contribution is 2.08. The van der Waals surface area contributed by atoms with Gasteiger partial charge in [-0.25, -0.2) is 0 Å². The van der Waals surface area contributed by atoms with Crippen LogP contribution in [0.1, 0.15) is 24.4 Å². The molecule has 0 aliphatic carbocycles.